The van der Waals surface area contributed by atoms with E-state index in [9.17, 15) is 22.3 Å². The molecule has 0 saturated carbocycles. The number of halogens is 2. The molecular formula is C12H16F2O3S. The van der Waals surface area contributed by atoms with Crippen LogP contribution in [0.25, 0.3) is 0 Å². The highest BCUT2D eigenvalue weighted by molar-refractivity contribution is 7.90. The highest BCUT2D eigenvalue weighted by Gasteiger charge is 2.24. The molecule has 18 heavy (non-hydrogen) atoms. The van der Waals surface area contributed by atoms with E-state index in [4.69, 9.17) is 0 Å². The molecule has 1 unspecified atom stereocenters. The Morgan fingerprint density at radius 1 is 1.22 bits per heavy atom. The summed E-state index contributed by atoms with van der Waals surface area (Å²) in [7, 11) is -3.10. The molecule has 0 aliphatic heterocycles. The van der Waals surface area contributed by atoms with Gasteiger partial charge in [-0.1, -0.05) is 0 Å². The zero-order chi connectivity index (χ0) is 14.0. The molecule has 0 radical (unpaired) electrons. The van der Waals surface area contributed by atoms with E-state index in [2.05, 4.69) is 0 Å². The lowest BCUT2D eigenvalue weighted by Gasteiger charge is -2.23. The molecule has 1 rings (SSSR count). The molecule has 0 aromatic heterocycles. The molecule has 6 heteroatoms. The van der Waals surface area contributed by atoms with Gasteiger partial charge in [-0.2, -0.15) is 0 Å². The summed E-state index contributed by atoms with van der Waals surface area (Å²) in [6.07, 6.45) is 1.44. The van der Waals surface area contributed by atoms with Gasteiger partial charge in [0.25, 0.3) is 0 Å². The van der Waals surface area contributed by atoms with Crippen LogP contribution < -0.4 is 0 Å². The summed E-state index contributed by atoms with van der Waals surface area (Å²) < 4.78 is 48.0. The van der Waals surface area contributed by atoms with E-state index in [1.54, 1.807) is 0 Å². The predicted molar refractivity (Wildman–Crippen MR) is 64.9 cm³/mol. The van der Waals surface area contributed by atoms with Crippen LogP contribution in [0.1, 0.15) is 25.3 Å². The maximum absolute atomic E-state index is 13.0. The third-order valence-corrected chi connectivity index (χ3v) is 3.69. The van der Waals surface area contributed by atoms with Gasteiger partial charge in [0, 0.05) is 18.1 Å². The first-order valence-corrected chi connectivity index (χ1v) is 7.53. The molecular weight excluding hydrogens is 262 g/mol. The molecule has 1 atom stereocenters. The van der Waals surface area contributed by atoms with Crippen LogP contribution in [0.3, 0.4) is 0 Å². The van der Waals surface area contributed by atoms with E-state index in [-0.39, 0.29) is 24.2 Å². The van der Waals surface area contributed by atoms with Crippen molar-refractivity contribution in [1.82, 2.24) is 0 Å². The Kier molecular flexibility index (Phi) is 4.45. The van der Waals surface area contributed by atoms with Crippen molar-refractivity contribution < 1.29 is 22.3 Å². The average molecular weight is 278 g/mol. The fourth-order valence-electron chi connectivity index (χ4n) is 1.69. The van der Waals surface area contributed by atoms with Crippen LogP contribution in [0.4, 0.5) is 8.78 Å². The Morgan fingerprint density at radius 3 is 2.17 bits per heavy atom. The average Bonchev–Trinajstić information content (AvgIpc) is 2.13. The second-order valence-electron chi connectivity index (χ2n) is 4.67. The molecule has 0 heterocycles. The summed E-state index contributed by atoms with van der Waals surface area (Å²) >= 11 is 0. The second-order valence-corrected chi connectivity index (χ2v) is 6.93. The first-order chi connectivity index (χ1) is 8.10. The summed E-state index contributed by atoms with van der Waals surface area (Å²) in [4.78, 5) is 0. The summed E-state index contributed by atoms with van der Waals surface area (Å²) in [6, 6.07) is 2.81. The van der Waals surface area contributed by atoms with Crippen molar-refractivity contribution in [3.63, 3.8) is 0 Å². The van der Waals surface area contributed by atoms with E-state index in [0.29, 0.717) is 0 Å². The molecule has 0 amide bonds. The van der Waals surface area contributed by atoms with Crippen molar-refractivity contribution in [2.24, 2.45) is 0 Å². The molecule has 1 aromatic carbocycles. The third kappa shape index (κ3) is 4.70. The molecule has 1 N–H and O–H groups in total. The smallest absolute Gasteiger partial charge is 0.147 e. The molecule has 0 aliphatic carbocycles. The minimum Gasteiger partial charge on any atom is -0.385 e. The zero-order valence-electron chi connectivity index (χ0n) is 10.3. The van der Waals surface area contributed by atoms with Crippen LogP contribution in [0, 0.1) is 11.6 Å². The lowest BCUT2D eigenvalue weighted by atomic mass is 9.91. The summed E-state index contributed by atoms with van der Waals surface area (Å²) in [5.74, 6) is -1.61. The highest BCUT2D eigenvalue weighted by Crippen LogP contribution is 2.27. The van der Waals surface area contributed by atoms with E-state index in [1.807, 2.05) is 0 Å². The maximum Gasteiger partial charge on any atom is 0.147 e. The number of hydrogen-bond donors (Lipinski definition) is 1. The van der Waals surface area contributed by atoms with Crippen LogP contribution in [0.2, 0.25) is 0 Å². The molecule has 3 nitrogen and oxygen atoms in total. The quantitative estimate of drug-likeness (QED) is 0.896. The van der Waals surface area contributed by atoms with Crippen LogP contribution in [0.5, 0.6) is 0 Å². The summed E-state index contributed by atoms with van der Waals surface area (Å²) in [6.45, 7) is 1.41. The lowest BCUT2D eigenvalue weighted by Crippen LogP contribution is -2.22. The van der Waals surface area contributed by atoms with Gasteiger partial charge in [-0.05, 0) is 37.5 Å². The van der Waals surface area contributed by atoms with E-state index in [0.717, 1.165) is 24.5 Å². The van der Waals surface area contributed by atoms with Crippen molar-refractivity contribution in [2.75, 3.05) is 12.0 Å². The number of rotatable bonds is 5. The number of benzene rings is 1. The van der Waals surface area contributed by atoms with Gasteiger partial charge >= 0.3 is 0 Å². The Morgan fingerprint density at radius 2 is 1.72 bits per heavy atom. The largest absolute Gasteiger partial charge is 0.385 e. The SMILES string of the molecule is CC(O)(CCCS(C)(=O)=O)c1cc(F)cc(F)c1. The van der Waals surface area contributed by atoms with E-state index in [1.165, 1.54) is 6.92 Å². The fraction of sp³-hybridized carbons (Fsp3) is 0.500. The standard InChI is InChI=1S/C12H16F2O3S/c1-12(15,4-3-5-18(2,16)17)9-6-10(13)8-11(14)7-9/h6-8,15H,3-5H2,1-2H3. The van der Waals surface area contributed by atoms with Gasteiger partial charge in [-0.3, -0.25) is 0 Å². The molecule has 0 aliphatic rings. The minimum absolute atomic E-state index is 0.0685. The molecule has 0 saturated heterocycles. The predicted octanol–water partition coefficient (Wildman–Crippen LogP) is 2.00. The fourth-order valence-corrected chi connectivity index (χ4v) is 2.36. The van der Waals surface area contributed by atoms with Crippen molar-refractivity contribution in [2.45, 2.75) is 25.4 Å². The number of sulfone groups is 1. The first kappa shape index (κ1) is 15.0. The van der Waals surface area contributed by atoms with E-state index >= 15 is 0 Å². The molecule has 0 spiro atoms. The third-order valence-electron chi connectivity index (χ3n) is 2.66. The van der Waals surface area contributed by atoms with Crippen LogP contribution >= 0.6 is 0 Å². The van der Waals surface area contributed by atoms with Gasteiger partial charge in [0.05, 0.1) is 5.60 Å². The Balaban J connectivity index is 2.79. The van der Waals surface area contributed by atoms with Crippen LogP contribution in [-0.2, 0) is 15.4 Å². The molecule has 0 fully saturated rings. The summed E-state index contributed by atoms with van der Waals surface area (Å²) in [5, 5.41) is 10.1. The molecule has 102 valence electrons. The van der Waals surface area contributed by atoms with E-state index < -0.39 is 27.1 Å². The highest BCUT2D eigenvalue weighted by atomic mass is 32.2. The van der Waals surface area contributed by atoms with Crippen LogP contribution in [-0.4, -0.2) is 25.5 Å². The second kappa shape index (κ2) is 5.32. The molecule has 0 bridgehead atoms. The monoisotopic (exact) mass is 278 g/mol. The van der Waals surface area contributed by atoms with Crippen molar-refractivity contribution in [3.05, 3.63) is 35.4 Å². The lowest BCUT2D eigenvalue weighted by molar-refractivity contribution is 0.0465. The van der Waals surface area contributed by atoms with Crippen LogP contribution in [0.15, 0.2) is 18.2 Å². The van der Waals surface area contributed by atoms with Gasteiger partial charge < -0.3 is 5.11 Å². The Bertz CT molecular complexity index is 504. The topological polar surface area (TPSA) is 54.4 Å². The normalized spacial score (nSPS) is 15.4. The van der Waals surface area contributed by atoms with Crippen molar-refractivity contribution in [3.8, 4) is 0 Å². The number of hydrogen-bond acceptors (Lipinski definition) is 3. The summed E-state index contributed by atoms with van der Waals surface area (Å²) in [5.41, 5.74) is -1.35. The van der Waals surface area contributed by atoms with Gasteiger partial charge in [0.15, 0.2) is 0 Å². The van der Waals surface area contributed by atoms with Gasteiger partial charge in [-0.25, -0.2) is 17.2 Å². The van der Waals surface area contributed by atoms with Gasteiger partial charge in [0.1, 0.15) is 21.5 Å². The maximum atomic E-state index is 13.0. The van der Waals surface area contributed by atoms with Gasteiger partial charge in [-0.15, -0.1) is 0 Å². The first-order valence-electron chi connectivity index (χ1n) is 5.47. The number of aliphatic hydroxyl groups is 1. The van der Waals surface area contributed by atoms with Crippen molar-refractivity contribution >= 4 is 9.84 Å². The zero-order valence-corrected chi connectivity index (χ0v) is 11.1. The Labute approximate surface area is 105 Å². The van der Waals surface area contributed by atoms with Crippen molar-refractivity contribution in [1.29, 1.82) is 0 Å². The molecule has 1 aromatic rings. The Hall–Kier alpha value is -1.01. The van der Waals surface area contributed by atoms with Gasteiger partial charge in [0.2, 0.25) is 0 Å². The minimum atomic E-state index is -3.10.